The Balaban J connectivity index is 2.73. The number of hydrogen-bond acceptors (Lipinski definition) is 2. The van der Waals surface area contributed by atoms with Gasteiger partial charge in [0.05, 0.1) is 12.1 Å². The summed E-state index contributed by atoms with van der Waals surface area (Å²) in [6.07, 6.45) is 0. The number of ether oxygens (including phenoxy) is 1. The summed E-state index contributed by atoms with van der Waals surface area (Å²) in [7, 11) is 0. The van der Waals surface area contributed by atoms with Gasteiger partial charge in [0, 0.05) is 11.5 Å². The third-order valence-electron chi connectivity index (χ3n) is 2.01. The van der Waals surface area contributed by atoms with Crippen LogP contribution in [0.25, 0.3) is 10.9 Å². The van der Waals surface area contributed by atoms with Crippen molar-refractivity contribution < 1.29 is 4.74 Å². The van der Waals surface area contributed by atoms with Crippen LogP contribution in [0.2, 0.25) is 0 Å². The Bertz CT molecular complexity index is 502. The molecule has 2 aromatic rings. The molecule has 0 amide bonds. The lowest BCUT2D eigenvalue weighted by molar-refractivity contribution is 0.344. The maximum absolute atomic E-state index is 11.2. The zero-order chi connectivity index (χ0) is 9.97. The topological polar surface area (TPSA) is 42.1 Å². The van der Waals surface area contributed by atoms with Gasteiger partial charge in [-0.1, -0.05) is 12.1 Å². The lowest BCUT2D eigenvalue weighted by atomic mass is 10.2. The van der Waals surface area contributed by atoms with Gasteiger partial charge < -0.3 is 9.72 Å². The molecule has 0 bridgehead atoms. The van der Waals surface area contributed by atoms with Crippen molar-refractivity contribution >= 4 is 10.9 Å². The predicted octanol–water partition coefficient (Wildman–Crippen LogP) is 1.93. The Morgan fingerprint density at radius 1 is 1.36 bits per heavy atom. The van der Waals surface area contributed by atoms with Crippen molar-refractivity contribution in [2.24, 2.45) is 0 Å². The van der Waals surface area contributed by atoms with Crippen LogP contribution in [0.15, 0.2) is 35.1 Å². The smallest absolute Gasteiger partial charge is 0.252 e. The highest BCUT2D eigenvalue weighted by molar-refractivity contribution is 5.84. The van der Waals surface area contributed by atoms with Crippen molar-refractivity contribution in [1.82, 2.24) is 4.98 Å². The zero-order valence-corrected chi connectivity index (χ0v) is 7.91. The van der Waals surface area contributed by atoms with Crippen LogP contribution in [-0.4, -0.2) is 11.6 Å². The van der Waals surface area contributed by atoms with Crippen LogP contribution in [0, 0.1) is 0 Å². The van der Waals surface area contributed by atoms with Crippen molar-refractivity contribution in [3.8, 4) is 5.75 Å². The van der Waals surface area contributed by atoms with Crippen LogP contribution in [-0.2, 0) is 0 Å². The average molecular weight is 189 g/mol. The first kappa shape index (κ1) is 8.81. The molecule has 0 saturated carbocycles. The highest BCUT2D eigenvalue weighted by atomic mass is 16.5. The SMILES string of the molecule is CCOc1cc(=O)[nH]c2ccccc12. The number of benzene rings is 1. The second kappa shape index (κ2) is 3.54. The van der Waals surface area contributed by atoms with Crippen LogP contribution in [0.4, 0.5) is 0 Å². The van der Waals surface area contributed by atoms with Crippen LogP contribution < -0.4 is 10.3 Å². The fourth-order valence-electron chi connectivity index (χ4n) is 1.45. The van der Waals surface area contributed by atoms with Crippen LogP contribution >= 0.6 is 0 Å². The van der Waals surface area contributed by atoms with E-state index in [1.165, 1.54) is 6.07 Å². The highest BCUT2D eigenvalue weighted by Gasteiger charge is 2.02. The van der Waals surface area contributed by atoms with Crippen molar-refractivity contribution in [3.05, 3.63) is 40.7 Å². The van der Waals surface area contributed by atoms with E-state index in [0.29, 0.717) is 12.4 Å². The monoisotopic (exact) mass is 189 g/mol. The van der Waals surface area contributed by atoms with E-state index >= 15 is 0 Å². The van der Waals surface area contributed by atoms with Gasteiger partial charge in [0.25, 0.3) is 5.56 Å². The van der Waals surface area contributed by atoms with Crippen LogP contribution in [0.3, 0.4) is 0 Å². The summed E-state index contributed by atoms with van der Waals surface area (Å²) in [5.41, 5.74) is 0.676. The fraction of sp³-hybridized carbons (Fsp3) is 0.182. The predicted molar refractivity (Wildman–Crippen MR) is 55.7 cm³/mol. The number of hydrogen-bond donors (Lipinski definition) is 1. The molecule has 3 heteroatoms. The molecular weight excluding hydrogens is 178 g/mol. The van der Waals surface area contributed by atoms with Gasteiger partial charge >= 0.3 is 0 Å². The molecule has 0 saturated heterocycles. The van der Waals surface area contributed by atoms with Gasteiger partial charge in [-0.05, 0) is 19.1 Å². The molecule has 0 atom stereocenters. The molecule has 0 aliphatic rings. The molecule has 0 aliphatic carbocycles. The summed E-state index contributed by atoms with van der Waals surface area (Å²) in [5, 5.41) is 0.939. The van der Waals surface area contributed by atoms with Gasteiger partial charge in [-0.2, -0.15) is 0 Å². The van der Waals surface area contributed by atoms with E-state index in [0.717, 1.165) is 10.9 Å². The van der Waals surface area contributed by atoms with E-state index in [4.69, 9.17) is 4.74 Å². The van der Waals surface area contributed by atoms with Crippen molar-refractivity contribution in [1.29, 1.82) is 0 Å². The molecule has 14 heavy (non-hydrogen) atoms. The minimum absolute atomic E-state index is 0.132. The third-order valence-corrected chi connectivity index (χ3v) is 2.01. The summed E-state index contributed by atoms with van der Waals surface area (Å²) in [4.78, 5) is 14.0. The molecule has 1 heterocycles. The lowest BCUT2D eigenvalue weighted by Crippen LogP contribution is -2.06. The number of pyridine rings is 1. The first-order chi connectivity index (χ1) is 6.81. The number of aromatic nitrogens is 1. The number of H-pyrrole nitrogens is 1. The minimum Gasteiger partial charge on any atom is -0.493 e. The second-order valence-corrected chi connectivity index (χ2v) is 2.98. The standard InChI is InChI=1S/C11H11NO2/c1-2-14-10-7-11(13)12-9-6-4-3-5-8(9)10/h3-7H,2H2,1H3,(H,12,13). The van der Waals surface area contributed by atoms with Crippen molar-refractivity contribution in [2.75, 3.05) is 6.61 Å². The van der Waals surface area contributed by atoms with E-state index in [2.05, 4.69) is 4.98 Å². The van der Waals surface area contributed by atoms with E-state index in [1.807, 2.05) is 31.2 Å². The molecule has 1 N–H and O–H groups in total. The Labute approximate surface area is 81.3 Å². The molecule has 0 radical (unpaired) electrons. The summed E-state index contributed by atoms with van der Waals surface area (Å²) in [6.45, 7) is 2.46. The minimum atomic E-state index is -0.132. The maximum atomic E-state index is 11.2. The van der Waals surface area contributed by atoms with Gasteiger partial charge in [-0.25, -0.2) is 0 Å². The third kappa shape index (κ3) is 1.48. The average Bonchev–Trinajstić information content (AvgIpc) is 2.18. The van der Waals surface area contributed by atoms with E-state index in [9.17, 15) is 4.79 Å². The molecule has 1 aromatic carbocycles. The number of fused-ring (bicyclic) bond motifs is 1. The first-order valence-corrected chi connectivity index (χ1v) is 4.56. The van der Waals surface area contributed by atoms with Gasteiger partial charge in [-0.15, -0.1) is 0 Å². The molecule has 0 aliphatic heterocycles. The molecular formula is C11H11NO2. The fourth-order valence-corrected chi connectivity index (χ4v) is 1.45. The highest BCUT2D eigenvalue weighted by Crippen LogP contribution is 2.21. The van der Waals surface area contributed by atoms with Gasteiger partial charge in [0.15, 0.2) is 0 Å². The zero-order valence-electron chi connectivity index (χ0n) is 7.91. The largest absolute Gasteiger partial charge is 0.493 e. The Hall–Kier alpha value is -1.77. The molecule has 1 aromatic heterocycles. The van der Waals surface area contributed by atoms with E-state index in [-0.39, 0.29) is 5.56 Å². The quantitative estimate of drug-likeness (QED) is 0.784. The maximum Gasteiger partial charge on any atom is 0.252 e. The normalized spacial score (nSPS) is 10.4. The number of rotatable bonds is 2. The molecule has 72 valence electrons. The van der Waals surface area contributed by atoms with Gasteiger partial charge in [-0.3, -0.25) is 4.79 Å². The van der Waals surface area contributed by atoms with Crippen molar-refractivity contribution in [2.45, 2.75) is 6.92 Å². The molecule has 0 fully saturated rings. The number of nitrogens with one attached hydrogen (secondary N) is 1. The molecule has 2 rings (SSSR count). The molecule has 3 nitrogen and oxygen atoms in total. The summed E-state index contributed by atoms with van der Waals surface area (Å²) in [5.74, 6) is 0.645. The lowest BCUT2D eigenvalue weighted by Gasteiger charge is -2.05. The van der Waals surface area contributed by atoms with Gasteiger partial charge in [0.1, 0.15) is 5.75 Å². The first-order valence-electron chi connectivity index (χ1n) is 4.56. The van der Waals surface area contributed by atoms with E-state index in [1.54, 1.807) is 0 Å². The Morgan fingerprint density at radius 2 is 2.14 bits per heavy atom. The molecule has 0 unspecified atom stereocenters. The number of para-hydroxylation sites is 1. The van der Waals surface area contributed by atoms with E-state index < -0.39 is 0 Å². The summed E-state index contributed by atoms with van der Waals surface area (Å²) < 4.78 is 5.38. The van der Waals surface area contributed by atoms with Crippen LogP contribution in [0.5, 0.6) is 5.75 Å². The number of aromatic amines is 1. The summed E-state index contributed by atoms with van der Waals surface area (Å²) >= 11 is 0. The Morgan fingerprint density at radius 3 is 2.93 bits per heavy atom. The van der Waals surface area contributed by atoms with Gasteiger partial charge in [0.2, 0.25) is 0 Å². The van der Waals surface area contributed by atoms with Crippen LogP contribution in [0.1, 0.15) is 6.92 Å². The molecule has 0 spiro atoms. The second-order valence-electron chi connectivity index (χ2n) is 2.98. The van der Waals surface area contributed by atoms with Crippen molar-refractivity contribution in [3.63, 3.8) is 0 Å². The Kier molecular flexibility index (Phi) is 2.23. The summed E-state index contributed by atoms with van der Waals surface area (Å²) in [6, 6.07) is 9.07.